The van der Waals surface area contributed by atoms with E-state index in [0.717, 1.165) is 18.3 Å². The van der Waals surface area contributed by atoms with Gasteiger partial charge in [0, 0.05) is 18.0 Å². The highest BCUT2D eigenvalue weighted by Gasteiger charge is 2.26. The minimum atomic E-state index is 0.536. The Morgan fingerprint density at radius 1 is 0.920 bits per heavy atom. The molecule has 25 heavy (non-hydrogen) atoms. The molecule has 1 aliphatic rings. The Hall–Kier alpha value is -2.35. The molecule has 1 unspecified atom stereocenters. The number of hydrogen-bond acceptors (Lipinski definition) is 1. The quantitative estimate of drug-likeness (QED) is 0.586. The molecule has 0 saturated heterocycles. The van der Waals surface area contributed by atoms with Gasteiger partial charge in [0.05, 0.1) is 12.4 Å². The van der Waals surface area contributed by atoms with Crippen LogP contribution < -0.4 is 0 Å². The highest BCUT2D eigenvalue weighted by molar-refractivity contribution is 5.55. The maximum Gasteiger partial charge on any atom is 0.140 e. The van der Waals surface area contributed by atoms with E-state index in [2.05, 4.69) is 76.4 Å². The molecule has 1 aromatic heterocycles. The summed E-state index contributed by atoms with van der Waals surface area (Å²) in [5.74, 6) is 2.32. The first kappa shape index (κ1) is 16.1. The molecule has 2 aromatic carbocycles. The number of benzene rings is 2. The molecule has 1 fully saturated rings. The van der Waals surface area contributed by atoms with Crippen molar-refractivity contribution >= 4 is 0 Å². The van der Waals surface area contributed by atoms with Crippen LogP contribution in [0.4, 0.5) is 0 Å². The first-order chi connectivity index (χ1) is 12.4. The topological polar surface area (TPSA) is 17.8 Å². The van der Waals surface area contributed by atoms with E-state index in [1.807, 2.05) is 6.20 Å². The summed E-state index contributed by atoms with van der Waals surface area (Å²) >= 11 is 0. The second-order valence-corrected chi connectivity index (χ2v) is 7.10. The van der Waals surface area contributed by atoms with Crippen LogP contribution in [0, 0.1) is 12.1 Å². The highest BCUT2D eigenvalue weighted by atomic mass is 15.1. The molecule has 0 amide bonds. The van der Waals surface area contributed by atoms with Gasteiger partial charge in [0.1, 0.15) is 5.82 Å². The molecule has 0 bridgehead atoms. The van der Waals surface area contributed by atoms with Crippen LogP contribution in [0.1, 0.15) is 43.6 Å². The maximum atomic E-state index is 4.59. The molecule has 1 aliphatic carbocycles. The number of aromatic nitrogens is 2. The van der Waals surface area contributed by atoms with Crippen molar-refractivity contribution in [1.29, 1.82) is 0 Å². The Morgan fingerprint density at radius 3 is 2.32 bits per heavy atom. The third-order valence-electron chi connectivity index (χ3n) is 5.51. The molecule has 4 rings (SSSR count). The average Bonchev–Trinajstić information content (AvgIpc) is 3.16. The summed E-state index contributed by atoms with van der Waals surface area (Å²) in [5, 5.41) is 0. The van der Waals surface area contributed by atoms with Crippen molar-refractivity contribution in [1.82, 2.24) is 9.55 Å². The predicted octanol–water partition coefficient (Wildman–Crippen LogP) is 5.71. The normalized spacial score (nSPS) is 16.6. The van der Waals surface area contributed by atoms with Gasteiger partial charge in [-0.3, -0.25) is 0 Å². The van der Waals surface area contributed by atoms with Gasteiger partial charge in [-0.25, -0.2) is 4.98 Å². The second kappa shape index (κ2) is 7.69. The Kier molecular flexibility index (Phi) is 4.96. The summed E-state index contributed by atoms with van der Waals surface area (Å²) < 4.78 is 2.22. The summed E-state index contributed by atoms with van der Waals surface area (Å²) in [5.41, 5.74) is 2.62. The van der Waals surface area contributed by atoms with Crippen LogP contribution in [0.5, 0.6) is 0 Å². The van der Waals surface area contributed by atoms with Gasteiger partial charge in [-0.15, -0.1) is 0 Å². The van der Waals surface area contributed by atoms with Crippen molar-refractivity contribution in [3.63, 3.8) is 0 Å². The van der Waals surface area contributed by atoms with E-state index < -0.39 is 0 Å². The van der Waals surface area contributed by atoms with Crippen LogP contribution >= 0.6 is 0 Å². The molecule has 0 aliphatic heterocycles. The maximum absolute atomic E-state index is 4.59. The van der Waals surface area contributed by atoms with E-state index in [4.69, 9.17) is 0 Å². The minimum absolute atomic E-state index is 0.536. The molecule has 1 radical (unpaired) electrons. The highest BCUT2D eigenvalue weighted by Crippen LogP contribution is 2.37. The van der Waals surface area contributed by atoms with Gasteiger partial charge in [-0.2, -0.15) is 0 Å². The van der Waals surface area contributed by atoms with Crippen LogP contribution in [-0.4, -0.2) is 9.55 Å². The van der Waals surface area contributed by atoms with Crippen molar-refractivity contribution in [3.8, 4) is 11.4 Å². The molecule has 127 valence electrons. The van der Waals surface area contributed by atoms with Crippen LogP contribution in [-0.2, 0) is 6.54 Å². The number of imidazole rings is 1. The van der Waals surface area contributed by atoms with Crippen molar-refractivity contribution in [2.24, 2.45) is 5.92 Å². The molecule has 0 spiro atoms. The van der Waals surface area contributed by atoms with Crippen molar-refractivity contribution in [3.05, 3.63) is 78.6 Å². The van der Waals surface area contributed by atoms with Gasteiger partial charge in [0.2, 0.25) is 0 Å². The van der Waals surface area contributed by atoms with E-state index in [-0.39, 0.29) is 0 Å². The van der Waals surface area contributed by atoms with E-state index in [0.29, 0.717) is 5.92 Å². The van der Waals surface area contributed by atoms with Crippen LogP contribution in [0.25, 0.3) is 11.4 Å². The summed E-state index contributed by atoms with van der Waals surface area (Å²) in [6.07, 6.45) is 12.0. The predicted molar refractivity (Wildman–Crippen MR) is 102 cm³/mol. The molecule has 3 aromatic rings. The van der Waals surface area contributed by atoms with E-state index in [9.17, 15) is 0 Å². The van der Waals surface area contributed by atoms with Gasteiger partial charge in [0.15, 0.2) is 0 Å². The van der Waals surface area contributed by atoms with E-state index in [1.165, 1.54) is 43.2 Å². The third-order valence-corrected chi connectivity index (χ3v) is 5.51. The molecule has 1 heterocycles. The van der Waals surface area contributed by atoms with Crippen LogP contribution in [0.2, 0.25) is 0 Å². The summed E-state index contributed by atoms with van der Waals surface area (Å²) in [6, 6.07) is 21.5. The molecule has 2 nitrogen and oxygen atoms in total. The van der Waals surface area contributed by atoms with Crippen LogP contribution in [0.3, 0.4) is 0 Å². The Bertz CT molecular complexity index is 770. The third kappa shape index (κ3) is 3.68. The molecular weight excluding hydrogens is 304 g/mol. The monoisotopic (exact) mass is 329 g/mol. The molecular formula is C23H25N2. The molecule has 1 atom stereocenters. The zero-order chi connectivity index (χ0) is 16.9. The zero-order valence-electron chi connectivity index (χ0n) is 14.6. The average molecular weight is 329 g/mol. The lowest BCUT2D eigenvalue weighted by Crippen LogP contribution is -2.21. The molecule has 0 N–H and O–H groups in total. The van der Waals surface area contributed by atoms with E-state index >= 15 is 0 Å². The lowest BCUT2D eigenvalue weighted by molar-refractivity contribution is 0.284. The largest absolute Gasteiger partial charge is 0.322 e. The van der Waals surface area contributed by atoms with Gasteiger partial charge in [0.25, 0.3) is 0 Å². The number of hydrogen-bond donors (Lipinski definition) is 0. The SMILES string of the molecule is [c]1cnc(-c2ccccc2)n1CC(c1ccccc1)C1CCCCC1. The Labute approximate surface area is 150 Å². The Morgan fingerprint density at radius 2 is 1.60 bits per heavy atom. The van der Waals surface area contributed by atoms with Gasteiger partial charge < -0.3 is 4.57 Å². The second-order valence-electron chi connectivity index (χ2n) is 7.10. The fourth-order valence-corrected chi connectivity index (χ4v) is 4.21. The number of rotatable bonds is 5. The molecule has 2 heteroatoms. The Balaban J connectivity index is 1.64. The first-order valence-corrected chi connectivity index (χ1v) is 9.45. The van der Waals surface area contributed by atoms with Crippen molar-refractivity contribution < 1.29 is 0 Å². The van der Waals surface area contributed by atoms with Gasteiger partial charge in [-0.1, -0.05) is 79.9 Å². The lowest BCUT2D eigenvalue weighted by atomic mass is 9.76. The number of nitrogens with zero attached hydrogens (tertiary/aromatic N) is 2. The fraction of sp³-hybridized carbons (Fsp3) is 0.348. The zero-order valence-corrected chi connectivity index (χ0v) is 14.6. The van der Waals surface area contributed by atoms with Crippen molar-refractivity contribution in [2.45, 2.75) is 44.6 Å². The first-order valence-electron chi connectivity index (χ1n) is 9.45. The lowest BCUT2D eigenvalue weighted by Gasteiger charge is -2.31. The van der Waals surface area contributed by atoms with Crippen LogP contribution in [0.15, 0.2) is 66.9 Å². The van der Waals surface area contributed by atoms with E-state index in [1.54, 1.807) is 0 Å². The van der Waals surface area contributed by atoms with Crippen molar-refractivity contribution in [2.75, 3.05) is 0 Å². The van der Waals surface area contributed by atoms with Gasteiger partial charge >= 0.3 is 0 Å². The fourth-order valence-electron chi connectivity index (χ4n) is 4.21. The summed E-state index contributed by atoms with van der Waals surface area (Å²) in [6.45, 7) is 0.957. The standard InChI is InChI=1S/C23H25N2/c1-4-10-19(11-5-1)22(20-12-6-2-7-13-20)18-25-17-16-24-23(25)21-14-8-3-9-15-21/h1,3-5,8-11,14-16,20,22H,2,6-7,12-13,18H2. The minimum Gasteiger partial charge on any atom is -0.322 e. The molecule has 1 saturated carbocycles. The summed E-state index contributed by atoms with van der Waals surface area (Å²) in [7, 11) is 0. The van der Waals surface area contributed by atoms with Gasteiger partial charge in [-0.05, 0) is 24.3 Å². The smallest absolute Gasteiger partial charge is 0.140 e. The summed E-state index contributed by atoms with van der Waals surface area (Å²) in [4.78, 5) is 4.59.